The Bertz CT molecular complexity index is 1150. The Morgan fingerprint density at radius 1 is 0.829 bits per heavy atom. The van der Waals surface area contributed by atoms with Crippen molar-refractivity contribution in [3.8, 4) is 11.5 Å². The Morgan fingerprint density at radius 3 is 2.15 bits per heavy atom. The minimum absolute atomic E-state index is 0.120. The molecule has 2 aliphatic rings. The number of hydrogen-bond donors (Lipinski definition) is 0. The van der Waals surface area contributed by atoms with E-state index in [4.69, 9.17) is 9.47 Å². The molecule has 0 aromatic heterocycles. The van der Waals surface area contributed by atoms with Crippen LogP contribution in [0.5, 0.6) is 11.5 Å². The summed E-state index contributed by atoms with van der Waals surface area (Å²) in [6.07, 6.45) is -3.39. The van der Waals surface area contributed by atoms with Gasteiger partial charge in [-0.3, -0.25) is 0 Å². The van der Waals surface area contributed by atoms with Gasteiger partial charge in [-0.05, 0) is 81.0 Å². The highest BCUT2D eigenvalue weighted by Crippen LogP contribution is 2.42. The molecule has 2 fully saturated rings. The van der Waals surface area contributed by atoms with Gasteiger partial charge in [-0.15, -0.1) is 19.8 Å². The number of hydrogen-bond acceptors (Lipinski definition) is 4. The molecule has 41 heavy (non-hydrogen) atoms. The van der Waals surface area contributed by atoms with E-state index < -0.39 is 42.0 Å². The van der Waals surface area contributed by atoms with Crippen molar-refractivity contribution in [1.29, 1.82) is 0 Å². The zero-order valence-corrected chi connectivity index (χ0v) is 22.4. The average Bonchev–Trinajstić information content (AvgIpc) is 2.92. The third-order valence-corrected chi connectivity index (χ3v) is 7.62. The molecule has 4 rings (SSSR count). The SMILES string of the molecule is C=CCCC1COC(c2ccc(CCC3CCC(C(F)(F)Oc4ccc(OC(F)(F)F)c(F)c4)CC3)c(F)c2)OC1. The monoisotopic (exact) mass is 590 g/mol. The molecule has 1 saturated carbocycles. The molecule has 11 heteroatoms. The van der Waals surface area contributed by atoms with Crippen LogP contribution >= 0.6 is 0 Å². The van der Waals surface area contributed by atoms with E-state index in [1.54, 1.807) is 12.1 Å². The van der Waals surface area contributed by atoms with Crippen LogP contribution in [0.2, 0.25) is 0 Å². The summed E-state index contributed by atoms with van der Waals surface area (Å²) in [4.78, 5) is 0. The van der Waals surface area contributed by atoms with Crippen molar-refractivity contribution in [2.75, 3.05) is 13.2 Å². The van der Waals surface area contributed by atoms with E-state index in [2.05, 4.69) is 16.1 Å². The van der Waals surface area contributed by atoms with Gasteiger partial charge in [0.1, 0.15) is 11.6 Å². The predicted molar refractivity (Wildman–Crippen MR) is 136 cm³/mol. The van der Waals surface area contributed by atoms with Crippen molar-refractivity contribution < 1.29 is 49.7 Å². The maximum atomic E-state index is 14.8. The van der Waals surface area contributed by atoms with Crippen molar-refractivity contribution in [3.05, 3.63) is 71.8 Å². The van der Waals surface area contributed by atoms with Gasteiger partial charge in [0.2, 0.25) is 0 Å². The molecule has 0 spiro atoms. The van der Waals surface area contributed by atoms with Crippen molar-refractivity contribution >= 4 is 0 Å². The fourth-order valence-electron chi connectivity index (χ4n) is 5.31. The minimum atomic E-state index is -5.12. The number of aryl methyl sites for hydroxylation is 1. The van der Waals surface area contributed by atoms with E-state index >= 15 is 0 Å². The molecule has 0 atom stereocenters. The standard InChI is InChI=1S/C30H33F7O4/c1-2-3-4-20-17-38-28(39-18-20)22-10-9-21(25(31)15-22)8-5-19-6-11-23(12-7-19)29(33,34)40-24-13-14-27(26(32)16-24)41-30(35,36)37/h2,9-10,13-16,19-20,23,28H,1,3-8,11-12,17-18H2. The van der Waals surface area contributed by atoms with Crippen LogP contribution in [0.4, 0.5) is 30.7 Å². The van der Waals surface area contributed by atoms with Gasteiger partial charge < -0.3 is 18.9 Å². The molecule has 2 aromatic rings. The molecule has 4 nitrogen and oxygen atoms in total. The molecule has 1 heterocycles. The second kappa shape index (κ2) is 13.5. The molecule has 0 radical (unpaired) electrons. The Kier molecular flexibility index (Phi) is 10.2. The summed E-state index contributed by atoms with van der Waals surface area (Å²) >= 11 is 0. The van der Waals surface area contributed by atoms with Crippen LogP contribution in [0.1, 0.15) is 62.4 Å². The second-order valence-electron chi connectivity index (χ2n) is 10.6. The lowest BCUT2D eigenvalue weighted by Gasteiger charge is -2.33. The van der Waals surface area contributed by atoms with E-state index in [9.17, 15) is 30.7 Å². The first-order valence-electron chi connectivity index (χ1n) is 13.7. The van der Waals surface area contributed by atoms with Crippen LogP contribution in [0.3, 0.4) is 0 Å². The maximum absolute atomic E-state index is 14.8. The molecule has 1 aliphatic heterocycles. The van der Waals surface area contributed by atoms with Crippen molar-refractivity contribution in [2.45, 2.75) is 70.1 Å². The van der Waals surface area contributed by atoms with Gasteiger partial charge in [-0.25, -0.2) is 8.78 Å². The number of alkyl halides is 5. The second-order valence-corrected chi connectivity index (χ2v) is 10.6. The summed E-state index contributed by atoms with van der Waals surface area (Å²) in [5.74, 6) is -4.30. The van der Waals surface area contributed by atoms with E-state index in [1.165, 1.54) is 6.07 Å². The quantitative estimate of drug-likeness (QED) is 0.194. The van der Waals surface area contributed by atoms with Crippen LogP contribution in [0.15, 0.2) is 49.1 Å². The maximum Gasteiger partial charge on any atom is 0.573 e. The highest BCUT2D eigenvalue weighted by atomic mass is 19.4. The van der Waals surface area contributed by atoms with E-state index in [1.807, 2.05) is 6.08 Å². The lowest BCUT2D eigenvalue weighted by Crippen LogP contribution is -2.37. The van der Waals surface area contributed by atoms with Crippen molar-refractivity contribution in [3.63, 3.8) is 0 Å². The number of benzene rings is 2. The lowest BCUT2D eigenvalue weighted by molar-refractivity contribution is -0.275. The van der Waals surface area contributed by atoms with Gasteiger partial charge >= 0.3 is 12.5 Å². The zero-order valence-electron chi connectivity index (χ0n) is 22.4. The van der Waals surface area contributed by atoms with Crippen molar-refractivity contribution in [1.82, 2.24) is 0 Å². The highest BCUT2D eigenvalue weighted by molar-refractivity contribution is 5.33. The summed E-state index contributed by atoms with van der Waals surface area (Å²) in [6, 6.07) is 6.74. The molecule has 1 saturated heterocycles. The minimum Gasteiger partial charge on any atom is -0.432 e. The summed E-state index contributed by atoms with van der Waals surface area (Å²) in [7, 11) is 0. The summed E-state index contributed by atoms with van der Waals surface area (Å²) in [6.45, 7) is 4.79. The largest absolute Gasteiger partial charge is 0.573 e. The van der Waals surface area contributed by atoms with Crippen LogP contribution in [0.25, 0.3) is 0 Å². The van der Waals surface area contributed by atoms with Gasteiger partial charge in [0.25, 0.3) is 0 Å². The molecule has 2 aromatic carbocycles. The molecule has 1 aliphatic carbocycles. The van der Waals surface area contributed by atoms with E-state index in [-0.39, 0.29) is 30.5 Å². The third kappa shape index (κ3) is 8.85. The summed E-state index contributed by atoms with van der Waals surface area (Å²) in [5.41, 5.74) is 1.14. The number of allylic oxidation sites excluding steroid dienone is 1. The molecule has 0 bridgehead atoms. The Morgan fingerprint density at radius 2 is 1.54 bits per heavy atom. The summed E-state index contributed by atoms with van der Waals surface area (Å²) in [5, 5.41) is 0. The van der Waals surface area contributed by atoms with E-state index in [0.717, 1.165) is 18.9 Å². The van der Waals surface area contributed by atoms with Crippen LogP contribution in [-0.2, 0) is 15.9 Å². The Labute approximate surface area is 234 Å². The first kappa shape index (κ1) is 31.2. The number of ether oxygens (including phenoxy) is 4. The highest BCUT2D eigenvalue weighted by Gasteiger charge is 2.44. The van der Waals surface area contributed by atoms with Crippen LogP contribution in [0, 0.1) is 29.4 Å². The molecule has 0 N–H and O–H groups in total. The van der Waals surface area contributed by atoms with Crippen molar-refractivity contribution in [2.24, 2.45) is 17.8 Å². The van der Waals surface area contributed by atoms with E-state index in [0.29, 0.717) is 62.2 Å². The number of halogens is 7. The zero-order chi connectivity index (χ0) is 29.6. The Balaban J connectivity index is 1.23. The van der Waals surface area contributed by atoms with Crippen LogP contribution < -0.4 is 9.47 Å². The fourth-order valence-corrected chi connectivity index (χ4v) is 5.31. The molecule has 226 valence electrons. The fraction of sp³-hybridized carbons (Fsp3) is 0.533. The molecule has 0 unspecified atom stereocenters. The predicted octanol–water partition coefficient (Wildman–Crippen LogP) is 8.90. The third-order valence-electron chi connectivity index (χ3n) is 7.62. The van der Waals surface area contributed by atoms with Gasteiger partial charge in [0.05, 0.1) is 19.1 Å². The van der Waals surface area contributed by atoms with Gasteiger partial charge in [0, 0.05) is 17.5 Å². The average molecular weight is 591 g/mol. The molecule has 0 amide bonds. The molecular weight excluding hydrogens is 557 g/mol. The summed E-state index contributed by atoms with van der Waals surface area (Å²) < 4.78 is 115. The normalized spacial score (nSPS) is 23.7. The number of rotatable bonds is 11. The first-order valence-corrected chi connectivity index (χ1v) is 13.7. The smallest absolute Gasteiger partial charge is 0.432 e. The first-order chi connectivity index (χ1) is 19.4. The van der Waals surface area contributed by atoms with Gasteiger partial charge in [-0.1, -0.05) is 18.2 Å². The lowest BCUT2D eigenvalue weighted by atomic mass is 9.79. The topological polar surface area (TPSA) is 36.9 Å². The Hall–Kier alpha value is -2.79. The molecular formula is C30H33F7O4. The van der Waals surface area contributed by atoms with Gasteiger partial charge in [0.15, 0.2) is 17.9 Å². The van der Waals surface area contributed by atoms with Gasteiger partial charge in [-0.2, -0.15) is 8.78 Å². The van der Waals surface area contributed by atoms with Crippen LogP contribution in [-0.4, -0.2) is 25.7 Å².